The Hall–Kier alpha value is -2.85. The molecule has 0 aliphatic carbocycles. The van der Waals surface area contributed by atoms with E-state index in [2.05, 4.69) is 10.0 Å². The van der Waals surface area contributed by atoms with E-state index in [1.807, 2.05) is 0 Å². The molecule has 0 saturated carbocycles. The number of rotatable bonds is 6. The van der Waals surface area contributed by atoms with Gasteiger partial charge in [0.1, 0.15) is 5.75 Å². The van der Waals surface area contributed by atoms with Gasteiger partial charge in [-0.15, -0.1) is 0 Å². The molecule has 0 radical (unpaired) electrons. The molecule has 2 aromatic rings. The Balaban J connectivity index is 2.28. The van der Waals surface area contributed by atoms with Crippen molar-refractivity contribution in [2.45, 2.75) is 31.4 Å². The maximum atomic E-state index is 12.5. The summed E-state index contributed by atoms with van der Waals surface area (Å²) in [7, 11) is -1.28. The standard InChI is InChI=1S/C18H22N2O7S/c1-18(2,3)20-28(23,24)15-9-8-14(27-15)16(21)19-13-7-6-11(25-4)10-12(13)17(22)26-5/h6-10,20H,1-5H3,(H,19,21). The molecule has 0 aliphatic rings. The van der Waals surface area contributed by atoms with E-state index in [1.165, 1.54) is 38.5 Å². The zero-order valence-corrected chi connectivity index (χ0v) is 17.0. The van der Waals surface area contributed by atoms with Gasteiger partial charge in [0, 0.05) is 5.54 Å². The predicted octanol–water partition coefficient (Wildman–Crippen LogP) is 2.40. The molecule has 28 heavy (non-hydrogen) atoms. The SMILES string of the molecule is COC(=O)c1cc(OC)ccc1NC(=O)c1ccc(S(=O)(=O)NC(C)(C)C)o1. The summed E-state index contributed by atoms with van der Waals surface area (Å²) in [5.41, 5.74) is -0.484. The molecule has 2 N–H and O–H groups in total. The molecule has 2 rings (SSSR count). The number of ether oxygens (including phenoxy) is 2. The predicted molar refractivity (Wildman–Crippen MR) is 101 cm³/mol. The third-order valence-corrected chi connectivity index (χ3v) is 5.02. The van der Waals surface area contributed by atoms with Gasteiger partial charge in [-0.25, -0.2) is 17.9 Å². The molecule has 0 bridgehead atoms. The maximum absolute atomic E-state index is 12.5. The fourth-order valence-electron chi connectivity index (χ4n) is 2.26. The Labute approximate surface area is 163 Å². The van der Waals surface area contributed by atoms with Gasteiger partial charge in [0.15, 0.2) is 5.76 Å². The van der Waals surface area contributed by atoms with Gasteiger partial charge in [0.2, 0.25) is 5.09 Å². The number of hydrogen-bond donors (Lipinski definition) is 2. The second-order valence-corrected chi connectivity index (χ2v) is 8.44. The van der Waals surface area contributed by atoms with Gasteiger partial charge < -0.3 is 19.2 Å². The van der Waals surface area contributed by atoms with Crippen molar-refractivity contribution in [1.29, 1.82) is 0 Å². The molecule has 9 nitrogen and oxygen atoms in total. The normalized spacial score (nSPS) is 11.8. The smallest absolute Gasteiger partial charge is 0.340 e. The Kier molecular flexibility index (Phi) is 6.15. The number of carbonyl (C=O) groups is 2. The molecule has 1 heterocycles. The Morgan fingerprint density at radius 2 is 1.75 bits per heavy atom. The fraction of sp³-hybridized carbons (Fsp3) is 0.333. The molecule has 1 aromatic carbocycles. The Morgan fingerprint density at radius 3 is 2.32 bits per heavy atom. The van der Waals surface area contributed by atoms with Crippen molar-refractivity contribution < 1.29 is 31.9 Å². The van der Waals surface area contributed by atoms with Gasteiger partial charge in [0.25, 0.3) is 15.9 Å². The van der Waals surface area contributed by atoms with Crippen LogP contribution >= 0.6 is 0 Å². The minimum Gasteiger partial charge on any atom is -0.497 e. The number of benzene rings is 1. The van der Waals surface area contributed by atoms with Crippen LogP contribution in [-0.4, -0.2) is 40.1 Å². The zero-order chi connectivity index (χ0) is 21.1. The third kappa shape index (κ3) is 5.11. The lowest BCUT2D eigenvalue weighted by molar-refractivity contribution is 0.0601. The van der Waals surface area contributed by atoms with E-state index in [9.17, 15) is 18.0 Å². The largest absolute Gasteiger partial charge is 0.497 e. The minimum absolute atomic E-state index is 0.0731. The number of hydrogen-bond acceptors (Lipinski definition) is 7. The van der Waals surface area contributed by atoms with Gasteiger partial charge in [0.05, 0.1) is 25.5 Å². The maximum Gasteiger partial charge on any atom is 0.340 e. The van der Waals surface area contributed by atoms with Crippen molar-refractivity contribution in [3.8, 4) is 5.75 Å². The lowest BCUT2D eigenvalue weighted by Gasteiger charge is -2.18. The summed E-state index contributed by atoms with van der Waals surface area (Å²) in [6.45, 7) is 5.04. The van der Waals surface area contributed by atoms with Crippen molar-refractivity contribution in [2.24, 2.45) is 0 Å². The van der Waals surface area contributed by atoms with E-state index in [1.54, 1.807) is 26.8 Å². The lowest BCUT2D eigenvalue weighted by atomic mass is 10.1. The summed E-state index contributed by atoms with van der Waals surface area (Å²) >= 11 is 0. The van der Waals surface area contributed by atoms with Crippen LogP contribution in [0.3, 0.4) is 0 Å². The Bertz CT molecular complexity index is 988. The molecule has 0 saturated heterocycles. The number of sulfonamides is 1. The first-order valence-corrected chi connectivity index (χ1v) is 9.66. The van der Waals surface area contributed by atoms with E-state index < -0.39 is 32.5 Å². The summed E-state index contributed by atoms with van der Waals surface area (Å²) in [6.07, 6.45) is 0. The van der Waals surface area contributed by atoms with Crippen LogP contribution in [0.1, 0.15) is 41.7 Å². The van der Waals surface area contributed by atoms with Crippen molar-refractivity contribution in [3.05, 3.63) is 41.7 Å². The average Bonchev–Trinajstić information content (AvgIpc) is 3.10. The van der Waals surface area contributed by atoms with Crippen LogP contribution in [0, 0.1) is 0 Å². The van der Waals surface area contributed by atoms with Gasteiger partial charge >= 0.3 is 5.97 Å². The minimum atomic E-state index is -3.93. The molecule has 0 atom stereocenters. The number of carbonyl (C=O) groups excluding carboxylic acids is 2. The quantitative estimate of drug-likeness (QED) is 0.701. The molecule has 0 aliphatic heterocycles. The van der Waals surface area contributed by atoms with E-state index >= 15 is 0 Å². The van der Waals surface area contributed by atoms with Crippen LogP contribution in [0.2, 0.25) is 0 Å². The van der Waals surface area contributed by atoms with Crippen molar-refractivity contribution in [3.63, 3.8) is 0 Å². The van der Waals surface area contributed by atoms with Crippen LogP contribution in [0.5, 0.6) is 5.75 Å². The number of esters is 1. The molecule has 1 aromatic heterocycles. The van der Waals surface area contributed by atoms with Crippen LogP contribution in [0.15, 0.2) is 39.8 Å². The first-order chi connectivity index (χ1) is 13.0. The van der Waals surface area contributed by atoms with Crippen LogP contribution in [-0.2, 0) is 14.8 Å². The van der Waals surface area contributed by atoms with Crippen molar-refractivity contribution >= 4 is 27.6 Å². The molecule has 0 unspecified atom stereocenters. The molecular weight excluding hydrogens is 388 g/mol. The summed E-state index contributed by atoms with van der Waals surface area (Å²) in [5, 5.41) is 2.11. The number of methoxy groups -OCH3 is 2. The van der Waals surface area contributed by atoms with E-state index in [4.69, 9.17) is 13.9 Å². The number of furan rings is 1. The van der Waals surface area contributed by atoms with Crippen LogP contribution < -0.4 is 14.8 Å². The van der Waals surface area contributed by atoms with E-state index in [0.717, 1.165) is 0 Å². The van der Waals surface area contributed by atoms with E-state index in [0.29, 0.717) is 5.75 Å². The first kappa shape index (κ1) is 21.5. The molecule has 10 heteroatoms. The average molecular weight is 410 g/mol. The summed E-state index contributed by atoms with van der Waals surface area (Å²) in [5.74, 6) is -1.24. The number of nitrogens with one attached hydrogen (secondary N) is 2. The second kappa shape index (κ2) is 8.03. The summed E-state index contributed by atoms with van der Waals surface area (Å²) < 4.78 is 42.0. The Morgan fingerprint density at radius 1 is 1.07 bits per heavy atom. The lowest BCUT2D eigenvalue weighted by Crippen LogP contribution is -2.40. The molecule has 152 valence electrons. The molecule has 0 spiro atoms. The van der Waals surface area contributed by atoms with Gasteiger partial charge in [-0.1, -0.05) is 0 Å². The molecule has 0 fully saturated rings. The number of anilines is 1. The fourth-order valence-corrected chi connectivity index (χ4v) is 3.62. The second-order valence-electron chi connectivity index (χ2n) is 6.83. The topological polar surface area (TPSA) is 124 Å². The highest BCUT2D eigenvalue weighted by molar-refractivity contribution is 7.89. The first-order valence-electron chi connectivity index (χ1n) is 8.18. The van der Waals surface area contributed by atoms with Gasteiger partial charge in [-0.05, 0) is 51.1 Å². The monoisotopic (exact) mass is 410 g/mol. The zero-order valence-electron chi connectivity index (χ0n) is 16.2. The van der Waals surface area contributed by atoms with Gasteiger partial charge in [-0.2, -0.15) is 0 Å². The highest BCUT2D eigenvalue weighted by Crippen LogP contribution is 2.24. The van der Waals surface area contributed by atoms with E-state index in [-0.39, 0.29) is 17.0 Å². The van der Waals surface area contributed by atoms with Crippen LogP contribution in [0.25, 0.3) is 0 Å². The number of amides is 1. The highest BCUT2D eigenvalue weighted by atomic mass is 32.2. The van der Waals surface area contributed by atoms with Crippen molar-refractivity contribution in [2.75, 3.05) is 19.5 Å². The van der Waals surface area contributed by atoms with Crippen molar-refractivity contribution in [1.82, 2.24) is 4.72 Å². The van der Waals surface area contributed by atoms with Crippen LogP contribution in [0.4, 0.5) is 5.69 Å². The third-order valence-electron chi connectivity index (χ3n) is 3.39. The molecule has 1 amide bonds. The molecular formula is C18H22N2O7S. The highest BCUT2D eigenvalue weighted by Gasteiger charge is 2.26. The summed E-state index contributed by atoms with van der Waals surface area (Å²) in [4.78, 5) is 24.4. The summed E-state index contributed by atoms with van der Waals surface area (Å²) in [6, 6.07) is 6.83. The van der Waals surface area contributed by atoms with Gasteiger partial charge in [-0.3, -0.25) is 4.79 Å².